The molecule has 0 N–H and O–H groups in total. The Morgan fingerprint density at radius 3 is 1.34 bits per heavy atom. The van der Waals surface area contributed by atoms with Crippen molar-refractivity contribution in [3.8, 4) is 23.1 Å². The summed E-state index contributed by atoms with van der Waals surface area (Å²) < 4.78 is 12.8. The molecule has 5 nitrogen and oxygen atoms in total. The van der Waals surface area contributed by atoms with E-state index in [0.29, 0.717) is 11.5 Å². The van der Waals surface area contributed by atoms with Gasteiger partial charge in [-0.3, -0.25) is 9.13 Å². The fourth-order valence-corrected chi connectivity index (χ4v) is 6.53. The number of nitrogens with zero attached hydrogens (tertiary/aromatic N) is 4. The number of hydrogen-bond donors (Lipinski definition) is 0. The van der Waals surface area contributed by atoms with E-state index in [2.05, 4.69) is 124 Å². The second kappa shape index (κ2) is 9.58. The number of pyridine rings is 2. The molecule has 0 fully saturated rings. The minimum Gasteiger partial charge on any atom is -0.455 e. The summed E-state index contributed by atoms with van der Waals surface area (Å²) >= 11 is 7.60. The Hall–Kier alpha value is -4.46. The van der Waals surface area contributed by atoms with Crippen molar-refractivity contribution < 1.29 is 4.74 Å². The van der Waals surface area contributed by atoms with Crippen LogP contribution in [0.3, 0.4) is 0 Å². The zero-order valence-electron chi connectivity index (χ0n) is 21.5. The largest absolute Gasteiger partial charge is 0.455 e. The molecule has 0 amide bonds. The number of rotatable bonds is 4. The van der Waals surface area contributed by atoms with Crippen molar-refractivity contribution in [2.24, 2.45) is 0 Å². The van der Waals surface area contributed by atoms with Gasteiger partial charge in [-0.2, -0.15) is 0 Å². The van der Waals surface area contributed by atoms with Crippen LogP contribution >= 0.6 is 31.9 Å². The third-order valence-electron chi connectivity index (χ3n) is 7.43. The highest BCUT2D eigenvalue weighted by molar-refractivity contribution is 9.11. The van der Waals surface area contributed by atoms with Crippen molar-refractivity contribution in [3.63, 3.8) is 0 Å². The average molecular weight is 660 g/mol. The van der Waals surface area contributed by atoms with E-state index >= 15 is 0 Å². The van der Waals surface area contributed by atoms with Gasteiger partial charge < -0.3 is 4.74 Å². The molecule has 4 heterocycles. The molecule has 0 atom stereocenters. The highest BCUT2D eigenvalue weighted by atomic mass is 79.9. The van der Waals surface area contributed by atoms with Gasteiger partial charge in [-0.05, 0) is 80.4 Å². The Morgan fingerprint density at radius 2 is 0.902 bits per heavy atom. The van der Waals surface area contributed by atoms with Crippen LogP contribution in [-0.2, 0) is 0 Å². The number of fused-ring (bicyclic) bond motifs is 6. The first-order chi connectivity index (χ1) is 20.2. The fourth-order valence-electron chi connectivity index (χ4n) is 5.68. The van der Waals surface area contributed by atoms with E-state index in [1.165, 1.54) is 0 Å². The summed E-state index contributed by atoms with van der Waals surface area (Å²) in [5.41, 5.74) is 4.21. The summed E-state index contributed by atoms with van der Waals surface area (Å²) in [5.74, 6) is 3.12. The first kappa shape index (κ1) is 24.3. The van der Waals surface area contributed by atoms with E-state index in [1.54, 1.807) is 0 Å². The van der Waals surface area contributed by atoms with Crippen molar-refractivity contribution in [2.45, 2.75) is 0 Å². The van der Waals surface area contributed by atoms with Crippen molar-refractivity contribution in [1.29, 1.82) is 0 Å². The summed E-state index contributed by atoms with van der Waals surface area (Å²) in [7, 11) is 0. The lowest BCUT2D eigenvalue weighted by Crippen LogP contribution is -1.97. The Bertz CT molecular complexity index is 2100. The van der Waals surface area contributed by atoms with E-state index in [0.717, 1.165) is 64.2 Å². The molecule has 4 aromatic carbocycles. The van der Waals surface area contributed by atoms with Crippen molar-refractivity contribution in [1.82, 2.24) is 19.1 Å². The molecule has 41 heavy (non-hydrogen) atoms. The minimum absolute atomic E-state index is 0.707. The SMILES string of the molecule is Brc1cc2c3ccccc3n(-c3ccccn3)c2cc1Oc1cc2c(cc1Br)c1ccccc1n2-c1ccccn1. The first-order valence-electron chi connectivity index (χ1n) is 13.1. The summed E-state index contributed by atoms with van der Waals surface area (Å²) in [6, 6.07) is 37.1. The molecule has 0 aliphatic heterocycles. The molecule has 0 bridgehead atoms. The monoisotopic (exact) mass is 658 g/mol. The van der Waals surface area contributed by atoms with Crippen LogP contribution in [0, 0.1) is 0 Å². The maximum Gasteiger partial charge on any atom is 0.143 e. The Balaban J connectivity index is 1.34. The predicted molar refractivity (Wildman–Crippen MR) is 173 cm³/mol. The second-order valence-electron chi connectivity index (χ2n) is 9.78. The Morgan fingerprint density at radius 1 is 0.463 bits per heavy atom. The first-order valence-corrected chi connectivity index (χ1v) is 14.7. The molecule has 8 rings (SSSR count). The van der Waals surface area contributed by atoms with Gasteiger partial charge >= 0.3 is 0 Å². The fraction of sp³-hybridized carbons (Fsp3) is 0. The third kappa shape index (κ3) is 3.88. The van der Waals surface area contributed by atoms with E-state index in [-0.39, 0.29) is 0 Å². The topological polar surface area (TPSA) is 44.9 Å². The highest BCUT2D eigenvalue weighted by Crippen LogP contribution is 2.43. The molecule has 196 valence electrons. The summed E-state index contributed by atoms with van der Waals surface area (Å²) in [5, 5.41) is 4.55. The second-order valence-corrected chi connectivity index (χ2v) is 11.5. The van der Waals surface area contributed by atoms with Crippen LogP contribution < -0.4 is 4.74 Å². The van der Waals surface area contributed by atoms with Gasteiger partial charge in [0.05, 0.1) is 31.0 Å². The van der Waals surface area contributed by atoms with Crippen LogP contribution in [0.5, 0.6) is 11.5 Å². The highest BCUT2D eigenvalue weighted by Gasteiger charge is 2.19. The van der Waals surface area contributed by atoms with Gasteiger partial charge in [-0.15, -0.1) is 0 Å². The van der Waals surface area contributed by atoms with Gasteiger partial charge in [0, 0.05) is 46.1 Å². The molecule has 0 aliphatic rings. The van der Waals surface area contributed by atoms with Gasteiger partial charge in [0.15, 0.2) is 0 Å². The van der Waals surface area contributed by atoms with Crippen LogP contribution in [0.25, 0.3) is 55.2 Å². The van der Waals surface area contributed by atoms with Crippen LogP contribution in [-0.4, -0.2) is 19.1 Å². The number of para-hydroxylation sites is 2. The van der Waals surface area contributed by atoms with Gasteiger partial charge in [0.25, 0.3) is 0 Å². The summed E-state index contributed by atoms with van der Waals surface area (Å²) in [6.07, 6.45) is 3.64. The third-order valence-corrected chi connectivity index (χ3v) is 8.67. The molecule has 0 unspecified atom stereocenters. The number of aromatic nitrogens is 4. The summed E-state index contributed by atoms with van der Waals surface area (Å²) in [6.45, 7) is 0. The van der Waals surface area contributed by atoms with Gasteiger partial charge in [0.2, 0.25) is 0 Å². The molecule has 4 aromatic heterocycles. The minimum atomic E-state index is 0.707. The molecule has 8 aromatic rings. The zero-order chi connectivity index (χ0) is 27.5. The smallest absolute Gasteiger partial charge is 0.143 e. The lowest BCUT2D eigenvalue weighted by Gasteiger charge is -2.13. The van der Waals surface area contributed by atoms with Crippen LogP contribution in [0.1, 0.15) is 0 Å². The molecular formula is C34H20Br2N4O. The van der Waals surface area contributed by atoms with Gasteiger partial charge in [-0.1, -0.05) is 48.5 Å². The van der Waals surface area contributed by atoms with E-state index in [1.807, 2.05) is 48.8 Å². The summed E-state index contributed by atoms with van der Waals surface area (Å²) in [4.78, 5) is 9.32. The van der Waals surface area contributed by atoms with Gasteiger partial charge in [0.1, 0.15) is 23.1 Å². The van der Waals surface area contributed by atoms with Crippen LogP contribution in [0.2, 0.25) is 0 Å². The zero-order valence-corrected chi connectivity index (χ0v) is 24.7. The Kier molecular flexibility index (Phi) is 5.69. The van der Waals surface area contributed by atoms with E-state index in [9.17, 15) is 0 Å². The molecule has 0 spiro atoms. The van der Waals surface area contributed by atoms with Gasteiger partial charge in [-0.25, -0.2) is 9.97 Å². The number of benzene rings is 4. The van der Waals surface area contributed by atoms with Crippen LogP contribution in [0.4, 0.5) is 0 Å². The normalized spacial score (nSPS) is 11.7. The molecule has 0 aliphatic carbocycles. The quantitative estimate of drug-likeness (QED) is 0.189. The molecule has 0 saturated carbocycles. The van der Waals surface area contributed by atoms with E-state index < -0.39 is 0 Å². The molecule has 0 saturated heterocycles. The molecular weight excluding hydrogens is 640 g/mol. The predicted octanol–water partition coefficient (Wildman–Crippen LogP) is 9.99. The maximum atomic E-state index is 6.67. The Labute approximate surface area is 251 Å². The average Bonchev–Trinajstić information content (AvgIpc) is 3.50. The molecule has 0 radical (unpaired) electrons. The number of halogens is 2. The number of hydrogen-bond acceptors (Lipinski definition) is 3. The lowest BCUT2D eigenvalue weighted by atomic mass is 10.1. The molecule has 7 heteroatoms. The maximum absolute atomic E-state index is 6.67. The number of ether oxygens (including phenoxy) is 1. The lowest BCUT2D eigenvalue weighted by molar-refractivity contribution is 0.478. The van der Waals surface area contributed by atoms with E-state index in [4.69, 9.17) is 4.74 Å². The van der Waals surface area contributed by atoms with Crippen molar-refractivity contribution in [2.75, 3.05) is 0 Å². The standard InChI is InChI=1S/C34H20Br2N4O/c35-25-17-23-21-9-1-3-11-27(21)39(33-13-5-7-15-37-33)29(23)19-31(25)41-32-20-30-24(18-26(32)36)22-10-2-4-12-28(22)40(30)34-14-6-8-16-38-34/h1-20H. The van der Waals surface area contributed by atoms with Crippen LogP contribution in [0.15, 0.2) is 131 Å². The van der Waals surface area contributed by atoms with Crippen molar-refractivity contribution in [3.05, 3.63) is 131 Å². The van der Waals surface area contributed by atoms with Crippen molar-refractivity contribution >= 4 is 75.5 Å².